The van der Waals surface area contributed by atoms with Crippen molar-refractivity contribution in [3.05, 3.63) is 81.8 Å². The van der Waals surface area contributed by atoms with Crippen molar-refractivity contribution in [2.75, 3.05) is 12.4 Å². The van der Waals surface area contributed by atoms with Crippen LogP contribution in [0.1, 0.15) is 33.9 Å². The van der Waals surface area contributed by atoms with E-state index in [1.54, 1.807) is 29.0 Å². The minimum Gasteiger partial charge on any atom is -0.467 e. The summed E-state index contributed by atoms with van der Waals surface area (Å²) in [5, 5.41) is 10.3. The van der Waals surface area contributed by atoms with Gasteiger partial charge in [0.2, 0.25) is 0 Å². The smallest absolute Gasteiger partial charge is 0.262 e. The Morgan fingerprint density at radius 1 is 1.16 bits per heavy atom. The van der Waals surface area contributed by atoms with E-state index >= 15 is 0 Å². The summed E-state index contributed by atoms with van der Waals surface area (Å²) >= 11 is 1.25. The van der Waals surface area contributed by atoms with E-state index in [-0.39, 0.29) is 23.7 Å². The summed E-state index contributed by atoms with van der Waals surface area (Å²) < 4.78 is 9.06. The highest BCUT2D eigenvalue weighted by Gasteiger charge is 2.18. The molecule has 3 heterocycles. The quantitative estimate of drug-likeness (QED) is 0.236. The Morgan fingerprint density at radius 3 is 2.72 bits per heavy atom. The summed E-state index contributed by atoms with van der Waals surface area (Å²) in [4.78, 5) is 30.6. The number of carbonyl (C=O) groups is 1. The molecule has 4 aromatic rings. The number of carbonyl (C=O) groups excluding carboxylic acids is 1. The van der Waals surface area contributed by atoms with E-state index in [1.807, 2.05) is 38.1 Å². The monoisotopic (exact) mass is 451 g/mol. The van der Waals surface area contributed by atoms with Crippen molar-refractivity contribution in [2.45, 2.75) is 38.5 Å². The van der Waals surface area contributed by atoms with Gasteiger partial charge in [-0.25, -0.2) is 4.98 Å². The van der Waals surface area contributed by atoms with Crippen LogP contribution in [0.2, 0.25) is 0 Å². The number of ketones is 1. The number of aromatic nitrogens is 3. The lowest BCUT2D eigenvalue weighted by Gasteiger charge is -2.12. The van der Waals surface area contributed by atoms with Crippen LogP contribution in [0.4, 0.5) is 0 Å². The van der Waals surface area contributed by atoms with E-state index in [1.165, 1.54) is 11.8 Å². The lowest BCUT2D eigenvalue weighted by molar-refractivity contribution is 0.102. The second kappa shape index (κ2) is 9.58. The number of aryl methyl sites for hydroxylation is 1. The molecular formula is C24H25N3O4S. The first-order valence-corrected chi connectivity index (χ1v) is 11.4. The van der Waals surface area contributed by atoms with Crippen molar-refractivity contribution in [1.82, 2.24) is 14.1 Å². The molecule has 3 aromatic heterocycles. The molecule has 1 N–H and O–H groups in total. The van der Waals surface area contributed by atoms with Crippen LogP contribution in [0.25, 0.3) is 10.9 Å². The Hall–Kier alpha value is -3.10. The number of furan rings is 1. The molecule has 0 radical (unpaired) electrons. The number of para-hydroxylation sites is 1. The summed E-state index contributed by atoms with van der Waals surface area (Å²) in [6.07, 6.45) is 2.08. The molecule has 0 unspecified atom stereocenters. The molecule has 0 saturated heterocycles. The standard InChI is InChI=1S/C24H25N3O4S/c1-16-13-20(17(2)27(16)14-18-7-5-12-31-18)22(29)15-32-24-25-21-9-4-3-8-19(21)23(30)26(24)10-6-11-28/h3-5,7-9,12-13,28H,6,10-11,14-15H2,1-2H3. The van der Waals surface area contributed by atoms with Crippen molar-refractivity contribution < 1.29 is 14.3 Å². The largest absolute Gasteiger partial charge is 0.467 e. The van der Waals surface area contributed by atoms with Gasteiger partial charge in [-0.3, -0.25) is 14.2 Å². The number of rotatable bonds is 9. The number of fused-ring (bicyclic) bond motifs is 1. The lowest BCUT2D eigenvalue weighted by atomic mass is 10.2. The third kappa shape index (κ3) is 4.42. The summed E-state index contributed by atoms with van der Waals surface area (Å²) in [7, 11) is 0. The minimum absolute atomic E-state index is 0.0232. The van der Waals surface area contributed by atoms with Gasteiger partial charge in [-0.1, -0.05) is 23.9 Å². The zero-order chi connectivity index (χ0) is 22.7. The normalized spacial score (nSPS) is 11.3. The first-order valence-electron chi connectivity index (χ1n) is 10.4. The van der Waals surface area contributed by atoms with Gasteiger partial charge in [0.1, 0.15) is 5.76 Å². The van der Waals surface area contributed by atoms with Crippen LogP contribution in [0.15, 0.2) is 63.1 Å². The summed E-state index contributed by atoms with van der Waals surface area (Å²) in [6, 6.07) is 12.8. The molecule has 0 amide bonds. The van der Waals surface area contributed by atoms with Crippen molar-refractivity contribution in [3.63, 3.8) is 0 Å². The fraction of sp³-hybridized carbons (Fsp3) is 0.292. The molecule has 0 aliphatic carbocycles. The third-order valence-corrected chi connectivity index (χ3v) is 6.44. The first kappa shape index (κ1) is 22.1. The molecule has 0 saturated carbocycles. The number of aliphatic hydroxyl groups excluding tert-OH is 1. The van der Waals surface area contributed by atoms with Crippen LogP contribution in [0, 0.1) is 13.8 Å². The second-order valence-corrected chi connectivity index (χ2v) is 8.55. The Bertz CT molecular complexity index is 1310. The summed E-state index contributed by atoms with van der Waals surface area (Å²) in [5.41, 5.74) is 2.97. The fourth-order valence-electron chi connectivity index (χ4n) is 3.78. The number of thioether (sulfide) groups is 1. The van der Waals surface area contributed by atoms with Crippen LogP contribution < -0.4 is 5.56 Å². The molecule has 0 spiro atoms. The molecule has 0 aliphatic heterocycles. The third-order valence-electron chi connectivity index (χ3n) is 5.47. The number of Topliss-reactive ketones (excluding diaryl/α,β-unsaturated/α-hetero) is 1. The van der Waals surface area contributed by atoms with Crippen LogP contribution in [0.3, 0.4) is 0 Å². The van der Waals surface area contributed by atoms with Crippen molar-refractivity contribution in [3.8, 4) is 0 Å². The molecular weight excluding hydrogens is 426 g/mol. The number of aliphatic hydroxyl groups is 1. The van der Waals surface area contributed by atoms with Gasteiger partial charge >= 0.3 is 0 Å². The zero-order valence-electron chi connectivity index (χ0n) is 18.1. The Balaban J connectivity index is 1.58. The maximum atomic E-state index is 13.1. The van der Waals surface area contributed by atoms with Gasteiger partial charge in [0.15, 0.2) is 10.9 Å². The van der Waals surface area contributed by atoms with Crippen LogP contribution in [-0.2, 0) is 13.1 Å². The summed E-state index contributed by atoms with van der Waals surface area (Å²) in [5.74, 6) is 0.966. The predicted molar refractivity (Wildman–Crippen MR) is 124 cm³/mol. The highest BCUT2D eigenvalue weighted by molar-refractivity contribution is 7.99. The van der Waals surface area contributed by atoms with Crippen molar-refractivity contribution >= 4 is 28.4 Å². The lowest BCUT2D eigenvalue weighted by Crippen LogP contribution is -2.24. The van der Waals surface area contributed by atoms with E-state index in [4.69, 9.17) is 4.42 Å². The first-order chi connectivity index (χ1) is 15.5. The minimum atomic E-state index is -0.157. The van der Waals surface area contributed by atoms with Crippen LogP contribution >= 0.6 is 11.8 Å². The van der Waals surface area contributed by atoms with E-state index in [0.717, 1.165) is 17.1 Å². The molecule has 0 atom stereocenters. The summed E-state index contributed by atoms with van der Waals surface area (Å²) in [6.45, 7) is 4.79. The van der Waals surface area contributed by atoms with Gasteiger partial charge in [0, 0.05) is 30.1 Å². The number of nitrogens with zero attached hydrogens (tertiary/aromatic N) is 3. The topological polar surface area (TPSA) is 90.3 Å². The Kier molecular flexibility index (Phi) is 6.62. The zero-order valence-corrected chi connectivity index (χ0v) is 18.9. The highest BCUT2D eigenvalue weighted by atomic mass is 32.2. The number of hydrogen-bond acceptors (Lipinski definition) is 6. The number of hydrogen-bond donors (Lipinski definition) is 1. The van der Waals surface area contributed by atoms with Crippen LogP contribution in [-0.4, -0.2) is 37.4 Å². The average molecular weight is 452 g/mol. The van der Waals surface area contributed by atoms with E-state index in [9.17, 15) is 14.7 Å². The highest BCUT2D eigenvalue weighted by Crippen LogP contribution is 2.23. The van der Waals surface area contributed by atoms with E-state index < -0.39 is 0 Å². The molecule has 4 rings (SSSR count). The number of benzene rings is 1. The molecule has 32 heavy (non-hydrogen) atoms. The average Bonchev–Trinajstić information content (AvgIpc) is 3.41. The van der Waals surface area contributed by atoms with Gasteiger partial charge in [0.05, 0.1) is 29.5 Å². The van der Waals surface area contributed by atoms with Gasteiger partial charge in [-0.2, -0.15) is 0 Å². The molecule has 1 aromatic carbocycles. The van der Waals surface area contributed by atoms with E-state index in [2.05, 4.69) is 9.55 Å². The second-order valence-electron chi connectivity index (χ2n) is 7.61. The van der Waals surface area contributed by atoms with Gasteiger partial charge in [-0.15, -0.1) is 0 Å². The van der Waals surface area contributed by atoms with Crippen LogP contribution in [0.5, 0.6) is 0 Å². The van der Waals surface area contributed by atoms with E-state index in [0.29, 0.717) is 41.1 Å². The molecule has 166 valence electrons. The Labute approximate surface area is 189 Å². The Morgan fingerprint density at radius 2 is 1.97 bits per heavy atom. The maximum absolute atomic E-state index is 13.1. The molecule has 7 nitrogen and oxygen atoms in total. The van der Waals surface area contributed by atoms with Crippen molar-refractivity contribution in [2.24, 2.45) is 0 Å². The van der Waals surface area contributed by atoms with Crippen molar-refractivity contribution in [1.29, 1.82) is 0 Å². The fourth-order valence-corrected chi connectivity index (χ4v) is 4.69. The molecule has 0 aliphatic rings. The predicted octanol–water partition coefficient (Wildman–Crippen LogP) is 3.81. The van der Waals surface area contributed by atoms with Gasteiger partial charge in [-0.05, 0) is 50.6 Å². The molecule has 0 fully saturated rings. The SMILES string of the molecule is Cc1cc(C(=O)CSc2nc3ccccc3c(=O)n2CCCO)c(C)n1Cc1ccco1. The molecule has 8 heteroatoms. The van der Waals surface area contributed by atoms with Gasteiger partial charge in [0.25, 0.3) is 5.56 Å². The maximum Gasteiger partial charge on any atom is 0.262 e. The molecule has 0 bridgehead atoms. The van der Waals surface area contributed by atoms with Gasteiger partial charge < -0.3 is 14.1 Å².